The average Bonchev–Trinajstić information content (AvgIpc) is 3.23. The second kappa shape index (κ2) is 9.49. The molecule has 3 N–H and O–H groups in total. The number of rotatable bonds is 7. The molecule has 0 aliphatic carbocycles. The van der Waals surface area contributed by atoms with Crippen LogP contribution >= 0.6 is 0 Å². The van der Waals surface area contributed by atoms with E-state index in [4.69, 9.17) is 10.5 Å². The number of amides is 1. The van der Waals surface area contributed by atoms with Gasteiger partial charge in [0, 0.05) is 31.2 Å². The highest BCUT2D eigenvalue weighted by Gasteiger charge is 2.36. The molecule has 3 aromatic rings. The van der Waals surface area contributed by atoms with E-state index in [0.717, 1.165) is 24.3 Å². The fourth-order valence-electron chi connectivity index (χ4n) is 3.56. The summed E-state index contributed by atoms with van der Waals surface area (Å²) < 4.78 is 47.4. The topological polar surface area (TPSA) is 111 Å². The number of hydrogen-bond donors (Lipinski definition) is 2. The van der Waals surface area contributed by atoms with Crippen molar-refractivity contribution in [3.63, 3.8) is 0 Å². The molecular formula is C23H22F3N7O2. The summed E-state index contributed by atoms with van der Waals surface area (Å²) in [6.07, 6.45) is 2.56. The molecular weight excluding hydrogens is 463 g/mol. The van der Waals surface area contributed by atoms with Crippen molar-refractivity contribution in [1.29, 1.82) is 0 Å². The smallest absolute Gasteiger partial charge is 0.421 e. The molecule has 0 fully saturated rings. The van der Waals surface area contributed by atoms with E-state index < -0.39 is 29.8 Å². The number of pyridine rings is 1. The number of nitrogens with one attached hydrogen (secondary N) is 1. The molecule has 0 bridgehead atoms. The first-order chi connectivity index (χ1) is 16.6. The van der Waals surface area contributed by atoms with Crippen LogP contribution in [0.3, 0.4) is 0 Å². The van der Waals surface area contributed by atoms with Crippen molar-refractivity contribution in [2.75, 3.05) is 17.3 Å². The van der Waals surface area contributed by atoms with E-state index in [2.05, 4.69) is 20.4 Å². The third-order valence-corrected chi connectivity index (χ3v) is 5.20. The quantitative estimate of drug-likeness (QED) is 0.532. The molecule has 1 aromatic carbocycles. The number of hydrogen-bond acceptors (Lipinski definition) is 7. The molecule has 3 heterocycles. The van der Waals surface area contributed by atoms with Gasteiger partial charge in [-0.25, -0.2) is 9.98 Å². The zero-order chi connectivity index (χ0) is 25.2. The number of aliphatic imine (C=N–C) groups is 1. The van der Waals surface area contributed by atoms with Crippen molar-refractivity contribution >= 4 is 29.1 Å². The van der Waals surface area contributed by atoms with Crippen LogP contribution in [0.15, 0.2) is 60.1 Å². The molecule has 9 nitrogen and oxygen atoms in total. The summed E-state index contributed by atoms with van der Waals surface area (Å²) >= 11 is 0. The summed E-state index contributed by atoms with van der Waals surface area (Å²) in [6.45, 7) is 0. The number of carbonyl (C=O) groups is 1. The number of alkyl halides is 3. The second-order valence-corrected chi connectivity index (χ2v) is 7.78. The number of aromatic nitrogens is 3. The number of primary amides is 1. The van der Waals surface area contributed by atoms with Crippen molar-refractivity contribution in [2.45, 2.75) is 18.9 Å². The van der Waals surface area contributed by atoms with Crippen LogP contribution in [-0.4, -0.2) is 40.3 Å². The van der Waals surface area contributed by atoms with Crippen molar-refractivity contribution in [3.8, 4) is 5.88 Å². The van der Waals surface area contributed by atoms with Gasteiger partial charge in [-0.1, -0.05) is 24.3 Å². The molecule has 0 spiro atoms. The molecule has 35 heavy (non-hydrogen) atoms. The monoisotopic (exact) mass is 485 g/mol. The summed E-state index contributed by atoms with van der Waals surface area (Å²) in [6, 6.07) is 8.06. The Balaban J connectivity index is 1.73. The Hall–Kier alpha value is -4.35. The molecule has 0 radical (unpaired) electrons. The highest BCUT2D eigenvalue weighted by atomic mass is 19.4. The first-order valence-corrected chi connectivity index (χ1v) is 10.4. The number of halogens is 3. The van der Waals surface area contributed by atoms with E-state index in [1.54, 1.807) is 65.7 Å². The standard InChI is InChI=1S/C23H22F3N7O2/c1-32-13-17(10-30-32)31-22-29-9-16(15-5-3-14(4-6-15)7-20(27)34)12-33(22)18-8-19(23(24,25)26)21(35-2)28-11-18/h3-6,8-13,22,31H,7H2,1-2H3,(H2,27,34). The van der Waals surface area contributed by atoms with Crippen molar-refractivity contribution in [1.82, 2.24) is 14.8 Å². The molecule has 1 aliphatic rings. The molecule has 1 unspecified atom stereocenters. The van der Waals surface area contributed by atoms with E-state index in [1.807, 2.05) is 0 Å². The lowest BCUT2D eigenvalue weighted by atomic mass is 10.0. The van der Waals surface area contributed by atoms with Crippen molar-refractivity contribution in [3.05, 3.63) is 71.8 Å². The van der Waals surface area contributed by atoms with E-state index in [0.29, 0.717) is 11.3 Å². The SMILES string of the molecule is COc1ncc(N2C=C(c3ccc(CC(N)=O)cc3)C=NC2Nc2cnn(C)c2)cc1C(F)(F)F. The normalized spacial score (nSPS) is 15.6. The lowest BCUT2D eigenvalue weighted by molar-refractivity contribution is -0.139. The molecule has 182 valence electrons. The molecule has 0 saturated carbocycles. The van der Waals surface area contributed by atoms with Crippen LogP contribution in [0, 0.1) is 0 Å². The number of methoxy groups -OCH3 is 1. The Kier molecular flexibility index (Phi) is 6.45. The van der Waals surface area contributed by atoms with E-state index in [-0.39, 0.29) is 12.1 Å². The largest absolute Gasteiger partial charge is 0.481 e. The first-order valence-electron chi connectivity index (χ1n) is 10.4. The Bertz CT molecular complexity index is 1280. The molecule has 2 aromatic heterocycles. The summed E-state index contributed by atoms with van der Waals surface area (Å²) in [5.41, 5.74) is 7.17. The Morgan fingerprint density at radius 2 is 1.97 bits per heavy atom. The predicted octanol–water partition coefficient (Wildman–Crippen LogP) is 3.20. The van der Waals surface area contributed by atoms with Gasteiger partial charge in [-0.15, -0.1) is 0 Å². The molecule has 1 amide bonds. The fourth-order valence-corrected chi connectivity index (χ4v) is 3.56. The van der Waals surface area contributed by atoms with E-state index in [1.165, 1.54) is 6.20 Å². The van der Waals surface area contributed by atoms with Crippen LogP contribution in [0.5, 0.6) is 5.88 Å². The second-order valence-electron chi connectivity index (χ2n) is 7.78. The van der Waals surface area contributed by atoms with E-state index in [9.17, 15) is 18.0 Å². The van der Waals surface area contributed by atoms with Gasteiger partial charge in [0.2, 0.25) is 18.1 Å². The highest BCUT2D eigenvalue weighted by Crippen LogP contribution is 2.38. The van der Waals surface area contributed by atoms with Gasteiger partial charge in [0.1, 0.15) is 5.56 Å². The number of anilines is 2. The van der Waals surface area contributed by atoms with Crippen LogP contribution in [0.25, 0.3) is 5.57 Å². The zero-order valence-corrected chi connectivity index (χ0v) is 18.8. The van der Waals surface area contributed by atoms with Gasteiger partial charge in [-0.05, 0) is 17.2 Å². The van der Waals surface area contributed by atoms with Crippen LogP contribution in [0.2, 0.25) is 0 Å². The summed E-state index contributed by atoms with van der Waals surface area (Å²) in [4.78, 5) is 21.1. The van der Waals surface area contributed by atoms with Crippen molar-refractivity contribution < 1.29 is 22.7 Å². The fraction of sp³-hybridized carbons (Fsp3) is 0.217. The molecule has 1 atom stereocenters. The lowest BCUT2D eigenvalue weighted by Crippen LogP contribution is -2.38. The number of aryl methyl sites for hydroxylation is 1. The third kappa shape index (κ3) is 5.42. The van der Waals surface area contributed by atoms with Gasteiger partial charge in [0.15, 0.2) is 0 Å². The van der Waals surface area contributed by atoms with Crippen molar-refractivity contribution in [2.24, 2.45) is 17.8 Å². The Morgan fingerprint density at radius 3 is 2.57 bits per heavy atom. The van der Waals surface area contributed by atoms with Crippen LogP contribution in [-0.2, 0) is 24.4 Å². The number of benzene rings is 1. The average molecular weight is 485 g/mol. The minimum absolute atomic E-state index is 0.106. The summed E-state index contributed by atoms with van der Waals surface area (Å²) in [5.74, 6) is -0.966. The zero-order valence-electron chi connectivity index (χ0n) is 18.8. The van der Waals surface area contributed by atoms with Crippen LogP contribution in [0.4, 0.5) is 24.5 Å². The van der Waals surface area contributed by atoms with Crippen LogP contribution in [0.1, 0.15) is 16.7 Å². The third-order valence-electron chi connectivity index (χ3n) is 5.20. The number of carbonyl (C=O) groups excluding carboxylic acids is 1. The number of nitrogens with zero attached hydrogens (tertiary/aromatic N) is 5. The van der Waals surface area contributed by atoms with Gasteiger partial charge in [-0.2, -0.15) is 18.3 Å². The highest BCUT2D eigenvalue weighted by molar-refractivity contribution is 6.11. The molecule has 0 saturated heterocycles. The van der Waals surface area contributed by atoms with Crippen LogP contribution < -0.4 is 20.7 Å². The minimum Gasteiger partial charge on any atom is -0.481 e. The lowest BCUT2D eigenvalue weighted by Gasteiger charge is -2.32. The van der Waals surface area contributed by atoms with Gasteiger partial charge < -0.3 is 20.7 Å². The number of allylic oxidation sites excluding steroid dienone is 1. The van der Waals surface area contributed by atoms with Gasteiger partial charge in [0.05, 0.1) is 37.3 Å². The van der Waals surface area contributed by atoms with Gasteiger partial charge in [-0.3, -0.25) is 9.48 Å². The maximum Gasteiger partial charge on any atom is 0.421 e. The predicted molar refractivity (Wildman–Crippen MR) is 125 cm³/mol. The molecule has 12 heteroatoms. The minimum atomic E-state index is -4.66. The van der Waals surface area contributed by atoms with E-state index >= 15 is 0 Å². The Morgan fingerprint density at radius 1 is 1.23 bits per heavy atom. The summed E-state index contributed by atoms with van der Waals surface area (Å²) in [5, 5.41) is 7.25. The Labute approximate surface area is 198 Å². The summed E-state index contributed by atoms with van der Waals surface area (Å²) in [7, 11) is 2.88. The number of ether oxygens (including phenoxy) is 1. The first kappa shape index (κ1) is 23.8. The van der Waals surface area contributed by atoms with Gasteiger partial charge >= 0.3 is 6.18 Å². The maximum absolute atomic E-state index is 13.7. The van der Waals surface area contributed by atoms with Gasteiger partial charge in [0.25, 0.3) is 0 Å². The number of nitrogens with two attached hydrogens (primary N) is 1. The maximum atomic E-state index is 13.7. The molecule has 1 aliphatic heterocycles. The molecule has 4 rings (SSSR count).